The molecule has 0 rings (SSSR count). The molecule has 0 aromatic carbocycles. The maximum Gasteiger partial charge on any atom is 0.240 e. The number of carbonyl (C=O) groups is 1. The number of amides is 1. The molecular weight excluding hydrogens is 194 g/mol. The molecule has 6 heteroatoms. The summed E-state index contributed by atoms with van der Waals surface area (Å²) in [6.45, 7) is 5.37. The van der Waals surface area contributed by atoms with E-state index in [0.29, 0.717) is 6.61 Å². The first-order valence-electron chi connectivity index (χ1n) is 3.69. The van der Waals surface area contributed by atoms with Crippen molar-refractivity contribution >= 4 is 17.3 Å². The summed E-state index contributed by atoms with van der Waals surface area (Å²) < 4.78 is 23.5. The highest BCUT2D eigenvalue weighted by Gasteiger charge is 1.82. The van der Waals surface area contributed by atoms with Gasteiger partial charge in [0.05, 0.1) is 18.0 Å². The number of rotatable bonds is 5. The van der Waals surface area contributed by atoms with Crippen molar-refractivity contribution in [2.45, 2.75) is 19.8 Å². The topological polar surface area (TPSA) is 92.5 Å². The van der Waals surface area contributed by atoms with Gasteiger partial charge < -0.3 is 14.5 Å². The van der Waals surface area contributed by atoms with Crippen molar-refractivity contribution in [2.24, 2.45) is 5.73 Å². The highest BCUT2D eigenvalue weighted by Crippen LogP contribution is 1.88. The SMILES string of the molecule is C=CC(N)=O.CCCCOS(=O)[O-]. The Kier molecular flexibility index (Phi) is 12.8. The van der Waals surface area contributed by atoms with Crippen LogP contribution in [0.3, 0.4) is 0 Å². The molecule has 1 amide bonds. The van der Waals surface area contributed by atoms with Crippen LogP contribution >= 0.6 is 0 Å². The zero-order valence-electron chi connectivity index (χ0n) is 7.52. The van der Waals surface area contributed by atoms with Gasteiger partial charge in [0.15, 0.2) is 0 Å². The van der Waals surface area contributed by atoms with Crippen molar-refractivity contribution in [3.63, 3.8) is 0 Å². The molecule has 0 radical (unpaired) electrons. The first-order valence-corrected chi connectivity index (χ1v) is 4.69. The second kappa shape index (κ2) is 11.3. The first-order chi connectivity index (χ1) is 6.04. The number of hydrogen-bond acceptors (Lipinski definition) is 4. The van der Waals surface area contributed by atoms with Crippen molar-refractivity contribution < 1.29 is 17.7 Å². The molecule has 5 nitrogen and oxygen atoms in total. The van der Waals surface area contributed by atoms with Crippen LogP contribution in [0.4, 0.5) is 0 Å². The second-order valence-corrected chi connectivity index (χ2v) is 2.63. The molecule has 0 aliphatic rings. The highest BCUT2D eigenvalue weighted by atomic mass is 32.2. The Morgan fingerprint density at radius 3 is 2.46 bits per heavy atom. The monoisotopic (exact) mass is 208 g/mol. The Labute approximate surface area is 80.4 Å². The minimum Gasteiger partial charge on any atom is -0.750 e. The standard InChI is InChI=1S/C4H10O3S.C3H5NO/c1-2-3-4-7-8(5)6;1-2-3(4)5/h2-4H2,1H3,(H,5,6);2H,1H2,(H2,4,5)/p-1. The number of hydrogen-bond donors (Lipinski definition) is 1. The largest absolute Gasteiger partial charge is 0.750 e. The summed E-state index contributed by atoms with van der Waals surface area (Å²) in [7, 11) is 0. The van der Waals surface area contributed by atoms with Crippen molar-refractivity contribution in [2.75, 3.05) is 6.61 Å². The summed E-state index contributed by atoms with van der Waals surface area (Å²) in [6, 6.07) is 0. The van der Waals surface area contributed by atoms with Crippen LogP contribution in [0.2, 0.25) is 0 Å². The van der Waals surface area contributed by atoms with E-state index in [1.54, 1.807) is 0 Å². The normalized spacial score (nSPS) is 10.9. The molecule has 0 bridgehead atoms. The summed E-state index contributed by atoms with van der Waals surface area (Å²) in [5, 5.41) is 0. The van der Waals surface area contributed by atoms with Crippen LogP contribution in [-0.2, 0) is 20.3 Å². The van der Waals surface area contributed by atoms with Gasteiger partial charge in [-0.2, -0.15) is 0 Å². The van der Waals surface area contributed by atoms with E-state index in [0.717, 1.165) is 18.9 Å². The Balaban J connectivity index is 0. The molecule has 0 aromatic heterocycles. The van der Waals surface area contributed by atoms with Crippen LogP contribution in [0.5, 0.6) is 0 Å². The molecule has 0 aromatic rings. The third-order valence-electron chi connectivity index (χ3n) is 0.879. The van der Waals surface area contributed by atoms with E-state index in [4.69, 9.17) is 0 Å². The molecule has 0 aliphatic heterocycles. The van der Waals surface area contributed by atoms with Gasteiger partial charge in [0.2, 0.25) is 5.91 Å². The Hall–Kier alpha value is -0.720. The molecular formula is C7H14NO4S-. The molecule has 2 N–H and O–H groups in total. The van der Waals surface area contributed by atoms with Crippen molar-refractivity contribution in [3.8, 4) is 0 Å². The molecule has 0 saturated heterocycles. The van der Waals surface area contributed by atoms with E-state index < -0.39 is 17.3 Å². The zero-order valence-corrected chi connectivity index (χ0v) is 8.34. The van der Waals surface area contributed by atoms with Crippen molar-refractivity contribution in [1.82, 2.24) is 0 Å². The molecule has 1 unspecified atom stereocenters. The van der Waals surface area contributed by atoms with Gasteiger partial charge in [-0.15, -0.1) is 0 Å². The van der Waals surface area contributed by atoms with Gasteiger partial charge >= 0.3 is 0 Å². The van der Waals surface area contributed by atoms with E-state index >= 15 is 0 Å². The number of unbranched alkanes of at least 4 members (excludes halogenated alkanes) is 1. The fourth-order valence-corrected chi connectivity index (χ4v) is 0.525. The lowest BCUT2D eigenvalue weighted by atomic mass is 10.4. The van der Waals surface area contributed by atoms with Gasteiger partial charge in [0.1, 0.15) is 0 Å². The number of nitrogens with two attached hydrogens (primary N) is 1. The predicted octanol–water partition coefficient (Wildman–Crippen LogP) is 0.255. The van der Waals surface area contributed by atoms with Gasteiger partial charge in [0, 0.05) is 0 Å². The van der Waals surface area contributed by atoms with E-state index in [1.807, 2.05) is 6.92 Å². The maximum absolute atomic E-state index is 9.65. The maximum atomic E-state index is 9.65. The van der Waals surface area contributed by atoms with Crippen LogP contribution < -0.4 is 5.73 Å². The molecule has 13 heavy (non-hydrogen) atoms. The molecule has 78 valence electrons. The third-order valence-corrected chi connectivity index (χ3v) is 1.24. The Morgan fingerprint density at radius 1 is 1.77 bits per heavy atom. The zero-order chi connectivity index (χ0) is 10.7. The number of primary amides is 1. The molecule has 1 atom stereocenters. The quantitative estimate of drug-likeness (QED) is 0.398. The van der Waals surface area contributed by atoms with Crippen LogP contribution in [-0.4, -0.2) is 21.3 Å². The summed E-state index contributed by atoms with van der Waals surface area (Å²) in [5.74, 6) is -0.481. The smallest absolute Gasteiger partial charge is 0.240 e. The minimum absolute atomic E-state index is 0.312. The molecule has 0 heterocycles. The van der Waals surface area contributed by atoms with E-state index in [1.165, 1.54) is 0 Å². The lowest BCUT2D eigenvalue weighted by Crippen LogP contribution is -2.04. The Bertz CT molecular complexity index is 172. The molecule has 0 fully saturated rings. The van der Waals surface area contributed by atoms with E-state index in [2.05, 4.69) is 16.5 Å². The predicted molar refractivity (Wildman–Crippen MR) is 49.2 cm³/mol. The minimum atomic E-state index is -2.32. The van der Waals surface area contributed by atoms with Crippen molar-refractivity contribution in [3.05, 3.63) is 12.7 Å². The molecule has 0 spiro atoms. The van der Waals surface area contributed by atoms with Gasteiger partial charge in [-0.3, -0.25) is 4.79 Å². The molecule has 0 saturated carbocycles. The van der Waals surface area contributed by atoms with E-state index in [-0.39, 0.29) is 0 Å². The van der Waals surface area contributed by atoms with Gasteiger partial charge in [-0.1, -0.05) is 19.9 Å². The van der Waals surface area contributed by atoms with Crippen LogP contribution in [0.25, 0.3) is 0 Å². The van der Waals surface area contributed by atoms with Gasteiger partial charge in [-0.05, 0) is 12.5 Å². The summed E-state index contributed by atoms with van der Waals surface area (Å²) >= 11 is -2.32. The fraction of sp³-hybridized carbons (Fsp3) is 0.571. The van der Waals surface area contributed by atoms with Gasteiger partial charge in [-0.25, -0.2) is 4.21 Å². The Morgan fingerprint density at radius 2 is 2.23 bits per heavy atom. The summed E-state index contributed by atoms with van der Waals surface area (Å²) in [6.07, 6.45) is 2.81. The van der Waals surface area contributed by atoms with Crippen molar-refractivity contribution in [1.29, 1.82) is 0 Å². The van der Waals surface area contributed by atoms with Crippen LogP contribution in [0.15, 0.2) is 12.7 Å². The average molecular weight is 208 g/mol. The number of carbonyl (C=O) groups excluding carboxylic acids is 1. The lowest BCUT2D eigenvalue weighted by Gasteiger charge is -2.02. The average Bonchev–Trinajstić information content (AvgIpc) is 2.05. The summed E-state index contributed by atoms with van der Waals surface area (Å²) in [5.41, 5.74) is 4.53. The fourth-order valence-electron chi connectivity index (χ4n) is 0.271. The van der Waals surface area contributed by atoms with E-state index in [9.17, 15) is 13.6 Å². The first kappa shape index (κ1) is 14.8. The highest BCUT2D eigenvalue weighted by molar-refractivity contribution is 7.74. The van der Waals surface area contributed by atoms with Crippen LogP contribution in [0.1, 0.15) is 19.8 Å². The second-order valence-electron chi connectivity index (χ2n) is 1.99. The van der Waals surface area contributed by atoms with Crippen LogP contribution in [0, 0.1) is 0 Å². The third kappa shape index (κ3) is 24.6. The lowest BCUT2D eigenvalue weighted by molar-refractivity contribution is -0.113. The van der Waals surface area contributed by atoms with Gasteiger partial charge in [0.25, 0.3) is 0 Å². The summed E-state index contributed by atoms with van der Waals surface area (Å²) in [4.78, 5) is 9.47. The molecule has 0 aliphatic carbocycles.